The van der Waals surface area contributed by atoms with Crippen molar-refractivity contribution in [3.63, 3.8) is 0 Å². The number of aryl methyl sites for hydroxylation is 3. The minimum absolute atomic E-state index is 0.0621. The molecule has 0 radical (unpaired) electrons. The molecule has 1 amide bonds. The maximum atomic E-state index is 13.1. The minimum Gasteiger partial charge on any atom is -0.462 e. The SMILES string of the molecule is CCOC(=O)c1cc(C)c(NC(=O)c2nc(-c3cccc(CO)c3)ccc2C)c(C)c1. The van der Waals surface area contributed by atoms with E-state index < -0.39 is 0 Å². The van der Waals surface area contributed by atoms with E-state index in [0.29, 0.717) is 29.2 Å². The van der Waals surface area contributed by atoms with Gasteiger partial charge in [0.05, 0.1) is 24.5 Å². The number of pyridine rings is 1. The lowest BCUT2D eigenvalue weighted by Crippen LogP contribution is -2.17. The smallest absolute Gasteiger partial charge is 0.338 e. The topological polar surface area (TPSA) is 88.5 Å². The number of rotatable bonds is 6. The van der Waals surface area contributed by atoms with Crippen molar-refractivity contribution < 1.29 is 19.4 Å². The van der Waals surface area contributed by atoms with E-state index >= 15 is 0 Å². The van der Waals surface area contributed by atoms with E-state index in [4.69, 9.17) is 4.74 Å². The fraction of sp³-hybridized carbons (Fsp3) is 0.240. The van der Waals surface area contributed by atoms with E-state index in [9.17, 15) is 14.7 Å². The molecule has 0 saturated carbocycles. The summed E-state index contributed by atoms with van der Waals surface area (Å²) in [5.41, 5.74) is 5.95. The van der Waals surface area contributed by atoms with Gasteiger partial charge in [0.15, 0.2) is 0 Å². The van der Waals surface area contributed by atoms with Crippen molar-refractivity contribution >= 4 is 17.6 Å². The number of amides is 1. The number of benzene rings is 2. The molecule has 0 bridgehead atoms. The minimum atomic E-state index is -0.387. The largest absolute Gasteiger partial charge is 0.462 e. The number of carbonyl (C=O) groups is 2. The van der Waals surface area contributed by atoms with Crippen molar-refractivity contribution in [3.8, 4) is 11.3 Å². The molecule has 0 unspecified atom stereocenters. The van der Waals surface area contributed by atoms with E-state index in [2.05, 4.69) is 10.3 Å². The summed E-state index contributed by atoms with van der Waals surface area (Å²) in [5.74, 6) is -0.713. The third-order valence-corrected chi connectivity index (χ3v) is 5.00. The van der Waals surface area contributed by atoms with E-state index in [1.54, 1.807) is 19.1 Å². The molecule has 0 saturated heterocycles. The van der Waals surface area contributed by atoms with E-state index in [1.165, 1.54) is 0 Å². The Hall–Kier alpha value is -3.51. The van der Waals surface area contributed by atoms with Gasteiger partial charge in [-0.1, -0.05) is 24.3 Å². The number of nitrogens with one attached hydrogen (secondary N) is 1. The molecule has 0 aliphatic carbocycles. The zero-order valence-corrected chi connectivity index (χ0v) is 18.2. The Bertz CT molecular complexity index is 1120. The van der Waals surface area contributed by atoms with Crippen LogP contribution in [0.5, 0.6) is 0 Å². The van der Waals surface area contributed by atoms with Gasteiger partial charge >= 0.3 is 5.97 Å². The molecule has 1 aromatic heterocycles. The zero-order valence-electron chi connectivity index (χ0n) is 18.2. The Morgan fingerprint density at radius 1 is 1.00 bits per heavy atom. The van der Waals surface area contributed by atoms with Crippen LogP contribution in [0.3, 0.4) is 0 Å². The van der Waals surface area contributed by atoms with Gasteiger partial charge in [0.1, 0.15) is 5.69 Å². The van der Waals surface area contributed by atoms with Crippen molar-refractivity contribution in [2.75, 3.05) is 11.9 Å². The van der Waals surface area contributed by atoms with Crippen LogP contribution in [0.4, 0.5) is 5.69 Å². The highest BCUT2D eigenvalue weighted by Crippen LogP contribution is 2.25. The Morgan fingerprint density at radius 3 is 2.35 bits per heavy atom. The van der Waals surface area contributed by atoms with Crippen LogP contribution in [0.25, 0.3) is 11.3 Å². The summed E-state index contributed by atoms with van der Waals surface area (Å²) in [6, 6.07) is 14.5. The van der Waals surface area contributed by atoms with Crippen molar-refractivity contribution in [1.82, 2.24) is 4.98 Å². The highest BCUT2D eigenvalue weighted by Gasteiger charge is 2.17. The number of anilines is 1. The molecule has 6 heteroatoms. The van der Waals surface area contributed by atoms with Crippen LogP contribution in [0.1, 0.15) is 50.0 Å². The quantitative estimate of drug-likeness (QED) is 0.572. The monoisotopic (exact) mass is 418 g/mol. The van der Waals surface area contributed by atoms with Gasteiger partial charge in [-0.05, 0) is 74.2 Å². The number of aliphatic hydroxyl groups is 1. The predicted molar refractivity (Wildman–Crippen MR) is 120 cm³/mol. The van der Waals surface area contributed by atoms with Crippen LogP contribution in [-0.2, 0) is 11.3 Å². The molecule has 0 fully saturated rings. The van der Waals surface area contributed by atoms with Crippen molar-refractivity contribution in [3.05, 3.63) is 82.0 Å². The first kappa shape index (κ1) is 22.2. The normalized spacial score (nSPS) is 10.6. The van der Waals surface area contributed by atoms with Crippen LogP contribution in [0, 0.1) is 20.8 Å². The zero-order chi connectivity index (χ0) is 22.5. The third-order valence-electron chi connectivity index (χ3n) is 5.00. The Kier molecular flexibility index (Phi) is 6.82. The number of nitrogens with zero attached hydrogens (tertiary/aromatic N) is 1. The Labute approximate surface area is 181 Å². The lowest BCUT2D eigenvalue weighted by atomic mass is 10.0. The molecule has 6 nitrogen and oxygen atoms in total. The Balaban J connectivity index is 1.91. The van der Waals surface area contributed by atoms with E-state index in [1.807, 2.05) is 57.2 Å². The van der Waals surface area contributed by atoms with Crippen LogP contribution in [0.15, 0.2) is 48.5 Å². The van der Waals surface area contributed by atoms with Gasteiger partial charge in [-0.15, -0.1) is 0 Å². The standard InChI is InChI=1S/C25H26N2O4/c1-5-31-25(30)20-11-16(3)22(17(4)12-20)27-24(29)23-15(2)9-10-21(26-23)19-8-6-7-18(13-19)14-28/h6-13,28H,5,14H2,1-4H3,(H,27,29). The molecule has 0 spiro atoms. The molecule has 1 heterocycles. The lowest BCUT2D eigenvalue weighted by molar-refractivity contribution is 0.0526. The third kappa shape index (κ3) is 4.98. The van der Waals surface area contributed by atoms with Crippen LogP contribution < -0.4 is 5.32 Å². The summed E-state index contributed by atoms with van der Waals surface area (Å²) in [5, 5.41) is 12.3. The second-order valence-corrected chi connectivity index (χ2v) is 7.38. The average Bonchev–Trinajstić information content (AvgIpc) is 2.76. The van der Waals surface area contributed by atoms with Gasteiger partial charge in [-0.3, -0.25) is 4.79 Å². The number of hydrogen-bond donors (Lipinski definition) is 2. The Morgan fingerprint density at radius 2 is 1.71 bits per heavy atom. The van der Waals surface area contributed by atoms with Gasteiger partial charge in [0.2, 0.25) is 0 Å². The van der Waals surface area contributed by atoms with Gasteiger partial charge < -0.3 is 15.2 Å². The second kappa shape index (κ2) is 9.53. The summed E-state index contributed by atoms with van der Waals surface area (Å²) in [7, 11) is 0. The maximum absolute atomic E-state index is 13.1. The van der Waals surface area contributed by atoms with Crippen molar-refractivity contribution in [1.29, 1.82) is 0 Å². The molecule has 0 aliphatic rings. The van der Waals surface area contributed by atoms with Gasteiger partial charge in [0, 0.05) is 11.3 Å². The molecule has 0 aliphatic heterocycles. The van der Waals surface area contributed by atoms with E-state index in [0.717, 1.165) is 27.8 Å². The van der Waals surface area contributed by atoms with Crippen molar-refractivity contribution in [2.24, 2.45) is 0 Å². The van der Waals surface area contributed by atoms with Gasteiger partial charge in [-0.2, -0.15) is 0 Å². The number of ether oxygens (including phenoxy) is 1. The first-order chi connectivity index (χ1) is 14.8. The molecule has 0 atom stereocenters. The number of aliphatic hydroxyl groups excluding tert-OH is 1. The number of esters is 1. The fourth-order valence-corrected chi connectivity index (χ4v) is 3.41. The summed E-state index contributed by atoms with van der Waals surface area (Å²) in [6.45, 7) is 7.51. The highest BCUT2D eigenvalue weighted by molar-refractivity contribution is 6.05. The fourth-order valence-electron chi connectivity index (χ4n) is 3.41. The number of aromatic nitrogens is 1. The first-order valence-electron chi connectivity index (χ1n) is 10.1. The van der Waals surface area contributed by atoms with Crippen LogP contribution in [-0.4, -0.2) is 28.6 Å². The predicted octanol–water partition coefficient (Wildman–Crippen LogP) is 4.60. The van der Waals surface area contributed by atoms with Crippen molar-refractivity contribution in [2.45, 2.75) is 34.3 Å². The molecule has 2 N–H and O–H groups in total. The highest BCUT2D eigenvalue weighted by atomic mass is 16.5. The van der Waals surface area contributed by atoms with Gasteiger partial charge in [0.25, 0.3) is 5.91 Å². The average molecular weight is 418 g/mol. The number of carbonyl (C=O) groups excluding carboxylic acids is 2. The summed E-state index contributed by atoms with van der Waals surface area (Å²) >= 11 is 0. The summed E-state index contributed by atoms with van der Waals surface area (Å²) in [4.78, 5) is 29.7. The molecule has 3 rings (SSSR count). The summed E-state index contributed by atoms with van der Waals surface area (Å²) < 4.78 is 5.06. The number of hydrogen-bond acceptors (Lipinski definition) is 5. The molecule has 2 aromatic carbocycles. The lowest BCUT2D eigenvalue weighted by Gasteiger charge is -2.15. The van der Waals surface area contributed by atoms with E-state index in [-0.39, 0.29) is 18.5 Å². The molecule has 160 valence electrons. The summed E-state index contributed by atoms with van der Waals surface area (Å²) in [6.07, 6.45) is 0. The maximum Gasteiger partial charge on any atom is 0.338 e. The first-order valence-corrected chi connectivity index (χ1v) is 10.1. The molecular weight excluding hydrogens is 392 g/mol. The van der Waals surface area contributed by atoms with Crippen LogP contribution in [0.2, 0.25) is 0 Å². The second-order valence-electron chi connectivity index (χ2n) is 7.38. The van der Waals surface area contributed by atoms with Crippen LogP contribution >= 0.6 is 0 Å². The molecule has 31 heavy (non-hydrogen) atoms. The van der Waals surface area contributed by atoms with Gasteiger partial charge in [-0.25, -0.2) is 9.78 Å². The molecule has 3 aromatic rings. The molecular formula is C25H26N2O4.